The molecule has 1 heterocycles. The van der Waals surface area contributed by atoms with Crippen molar-refractivity contribution in [1.29, 1.82) is 0 Å². The molecular formula is C25H25N3O3. The number of nitrogens with one attached hydrogen (secondary N) is 1. The molecule has 0 spiro atoms. The van der Waals surface area contributed by atoms with Crippen LogP contribution in [0.2, 0.25) is 0 Å². The molecule has 158 valence electrons. The lowest BCUT2D eigenvalue weighted by atomic mass is 9.95. The van der Waals surface area contributed by atoms with E-state index in [1.54, 1.807) is 19.4 Å². The van der Waals surface area contributed by atoms with Crippen molar-refractivity contribution in [2.24, 2.45) is 5.10 Å². The molecule has 1 aliphatic heterocycles. The van der Waals surface area contributed by atoms with Crippen LogP contribution in [0.5, 0.6) is 11.5 Å². The molecule has 6 nitrogen and oxygen atoms in total. The number of fused-ring (bicyclic) bond motifs is 1. The number of nitrogens with zero attached hydrogens (tertiary/aromatic N) is 2. The van der Waals surface area contributed by atoms with E-state index < -0.39 is 5.66 Å². The van der Waals surface area contributed by atoms with E-state index in [0.717, 1.165) is 16.8 Å². The van der Waals surface area contributed by atoms with Crippen molar-refractivity contribution in [3.8, 4) is 11.5 Å². The third kappa shape index (κ3) is 3.84. The molecule has 3 aromatic carbocycles. The molecule has 1 aliphatic rings. The third-order valence-electron chi connectivity index (χ3n) is 5.30. The molecule has 6 heteroatoms. The number of rotatable bonds is 6. The van der Waals surface area contributed by atoms with Gasteiger partial charge in [-0.25, -0.2) is 0 Å². The maximum atomic E-state index is 13.4. The molecule has 0 saturated carbocycles. The van der Waals surface area contributed by atoms with Crippen LogP contribution >= 0.6 is 0 Å². The SMILES string of the molecule is CCOc1ccc(C=NN2C(=O)c3ccccc3NC2(C)c2ccccc2)cc1OC. The van der Waals surface area contributed by atoms with Gasteiger partial charge in [0.15, 0.2) is 17.2 Å². The van der Waals surface area contributed by atoms with Crippen LogP contribution < -0.4 is 14.8 Å². The molecule has 0 bridgehead atoms. The zero-order valence-corrected chi connectivity index (χ0v) is 17.8. The lowest BCUT2D eigenvalue weighted by Crippen LogP contribution is -2.53. The Labute approximate surface area is 182 Å². The van der Waals surface area contributed by atoms with E-state index in [0.29, 0.717) is 23.7 Å². The highest BCUT2D eigenvalue weighted by atomic mass is 16.5. The van der Waals surface area contributed by atoms with Gasteiger partial charge in [-0.15, -0.1) is 0 Å². The number of methoxy groups -OCH3 is 1. The first kappa shape index (κ1) is 20.5. The van der Waals surface area contributed by atoms with Gasteiger partial charge < -0.3 is 14.8 Å². The molecule has 0 aromatic heterocycles. The quantitative estimate of drug-likeness (QED) is 0.584. The van der Waals surface area contributed by atoms with Gasteiger partial charge in [-0.1, -0.05) is 42.5 Å². The van der Waals surface area contributed by atoms with Crippen LogP contribution in [0.1, 0.15) is 35.3 Å². The smallest absolute Gasteiger partial charge is 0.278 e. The van der Waals surface area contributed by atoms with Gasteiger partial charge in [0.1, 0.15) is 0 Å². The van der Waals surface area contributed by atoms with Gasteiger partial charge in [-0.2, -0.15) is 10.1 Å². The summed E-state index contributed by atoms with van der Waals surface area (Å²) in [7, 11) is 1.60. The average molecular weight is 415 g/mol. The third-order valence-corrected chi connectivity index (χ3v) is 5.30. The zero-order valence-electron chi connectivity index (χ0n) is 17.8. The molecule has 1 N–H and O–H groups in total. The summed E-state index contributed by atoms with van der Waals surface area (Å²) in [5.74, 6) is 1.11. The maximum Gasteiger partial charge on any atom is 0.278 e. The molecule has 0 radical (unpaired) electrons. The van der Waals surface area contributed by atoms with E-state index in [1.807, 2.05) is 80.6 Å². The Kier molecular flexibility index (Phi) is 5.62. The van der Waals surface area contributed by atoms with Crippen LogP contribution in [-0.2, 0) is 5.66 Å². The van der Waals surface area contributed by atoms with Gasteiger partial charge in [-0.3, -0.25) is 4.79 Å². The van der Waals surface area contributed by atoms with Crippen molar-refractivity contribution in [2.75, 3.05) is 19.0 Å². The molecule has 3 aromatic rings. The van der Waals surface area contributed by atoms with Crippen molar-refractivity contribution >= 4 is 17.8 Å². The standard InChI is InChI=1S/C25H25N3O3/c1-4-31-22-15-14-18(16-23(22)30-3)17-26-28-24(29)20-12-8-9-13-21(20)27-25(28,2)19-10-6-5-7-11-19/h5-17,27H,4H2,1-3H3. The predicted molar refractivity (Wildman–Crippen MR) is 122 cm³/mol. The van der Waals surface area contributed by atoms with Gasteiger partial charge in [0.25, 0.3) is 5.91 Å². The number of para-hydroxylation sites is 1. The first-order valence-corrected chi connectivity index (χ1v) is 10.2. The predicted octanol–water partition coefficient (Wildman–Crippen LogP) is 4.87. The van der Waals surface area contributed by atoms with Crippen LogP contribution in [0.3, 0.4) is 0 Å². The molecule has 4 rings (SSSR count). The number of benzene rings is 3. The summed E-state index contributed by atoms with van der Waals surface area (Å²) in [5, 5.41) is 9.61. The Balaban J connectivity index is 1.75. The second kappa shape index (κ2) is 8.52. The van der Waals surface area contributed by atoms with Gasteiger partial charge >= 0.3 is 0 Å². The topological polar surface area (TPSA) is 63.2 Å². The highest BCUT2D eigenvalue weighted by Gasteiger charge is 2.42. The monoisotopic (exact) mass is 415 g/mol. The number of carbonyl (C=O) groups is 1. The van der Waals surface area contributed by atoms with E-state index in [-0.39, 0.29) is 5.91 Å². The van der Waals surface area contributed by atoms with Crippen molar-refractivity contribution in [3.63, 3.8) is 0 Å². The minimum atomic E-state index is -0.849. The number of hydrazone groups is 1. The lowest BCUT2D eigenvalue weighted by Gasteiger charge is -2.43. The molecule has 1 unspecified atom stereocenters. The van der Waals surface area contributed by atoms with Gasteiger partial charge in [-0.05, 0) is 55.3 Å². The first-order chi connectivity index (χ1) is 15.1. The summed E-state index contributed by atoms with van der Waals surface area (Å²) >= 11 is 0. The van der Waals surface area contributed by atoms with E-state index >= 15 is 0 Å². The number of ether oxygens (including phenoxy) is 2. The summed E-state index contributed by atoms with van der Waals surface area (Å²) in [4.78, 5) is 13.4. The largest absolute Gasteiger partial charge is 0.493 e. The summed E-state index contributed by atoms with van der Waals surface area (Å²) in [5.41, 5.74) is 2.24. The normalized spacial score (nSPS) is 17.9. The summed E-state index contributed by atoms with van der Waals surface area (Å²) < 4.78 is 11.0. The number of carbonyl (C=O) groups excluding carboxylic acids is 1. The maximum absolute atomic E-state index is 13.4. The Hall–Kier alpha value is -3.80. The molecule has 0 aliphatic carbocycles. The summed E-state index contributed by atoms with van der Waals surface area (Å²) in [6.45, 7) is 4.42. The van der Waals surface area contributed by atoms with Crippen molar-refractivity contribution in [3.05, 3.63) is 89.5 Å². The summed E-state index contributed by atoms with van der Waals surface area (Å²) in [6, 6.07) is 22.9. The van der Waals surface area contributed by atoms with E-state index in [9.17, 15) is 4.79 Å². The van der Waals surface area contributed by atoms with Crippen LogP contribution in [0.15, 0.2) is 77.9 Å². The molecule has 1 amide bonds. The van der Waals surface area contributed by atoms with Crippen molar-refractivity contribution < 1.29 is 14.3 Å². The molecule has 31 heavy (non-hydrogen) atoms. The number of amides is 1. The van der Waals surface area contributed by atoms with Gasteiger partial charge in [0, 0.05) is 5.69 Å². The molecule has 1 atom stereocenters. The molecular weight excluding hydrogens is 390 g/mol. The van der Waals surface area contributed by atoms with Crippen molar-refractivity contribution in [2.45, 2.75) is 19.5 Å². The second-order valence-electron chi connectivity index (χ2n) is 7.31. The van der Waals surface area contributed by atoms with E-state index in [1.165, 1.54) is 5.01 Å². The Morgan fingerprint density at radius 3 is 2.52 bits per heavy atom. The highest BCUT2D eigenvalue weighted by molar-refractivity contribution is 6.02. The molecule has 0 fully saturated rings. The number of hydrogen-bond donors (Lipinski definition) is 1. The second-order valence-corrected chi connectivity index (χ2v) is 7.31. The lowest BCUT2D eigenvalue weighted by molar-refractivity contribution is 0.0547. The minimum absolute atomic E-state index is 0.171. The van der Waals surface area contributed by atoms with Crippen molar-refractivity contribution in [1.82, 2.24) is 5.01 Å². The highest BCUT2D eigenvalue weighted by Crippen LogP contribution is 2.38. The summed E-state index contributed by atoms with van der Waals surface area (Å²) in [6.07, 6.45) is 1.66. The van der Waals surface area contributed by atoms with E-state index in [4.69, 9.17) is 9.47 Å². The number of anilines is 1. The van der Waals surface area contributed by atoms with Crippen LogP contribution in [-0.4, -0.2) is 30.8 Å². The van der Waals surface area contributed by atoms with Gasteiger partial charge in [0.05, 0.1) is 25.5 Å². The Bertz CT molecular complexity index is 1110. The van der Waals surface area contributed by atoms with Crippen LogP contribution in [0.4, 0.5) is 5.69 Å². The molecule has 0 saturated heterocycles. The fraction of sp³-hybridized carbons (Fsp3) is 0.200. The van der Waals surface area contributed by atoms with Crippen LogP contribution in [0, 0.1) is 0 Å². The van der Waals surface area contributed by atoms with Gasteiger partial charge in [0.2, 0.25) is 0 Å². The Morgan fingerprint density at radius 2 is 1.77 bits per heavy atom. The average Bonchev–Trinajstić information content (AvgIpc) is 2.80. The fourth-order valence-corrected chi connectivity index (χ4v) is 3.70. The van der Waals surface area contributed by atoms with Crippen LogP contribution in [0.25, 0.3) is 0 Å². The number of hydrogen-bond acceptors (Lipinski definition) is 5. The zero-order chi connectivity index (χ0) is 21.8. The van der Waals surface area contributed by atoms with E-state index in [2.05, 4.69) is 10.4 Å². The fourth-order valence-electron chi connectivity index (χ4n) is 3.70. The first-order valence-electron chi connectivity index (χ1n) is 10.2. The Morgan fingerprint density at radius 1 is 1.03 bits per heavy atom. The minimum Gasteiger partial charge on any atom is -0.493 e.